The number of amidine groups is 1. The molecule has 1 heterocycles. The molecule has 0 atom stereocenters. The van der Waals surface area contributed by atoms with E-state index in [2.05, 4.69) is 4.98 Å². The minimum atomic E-state index is 0.0322. The number of pyridine rings is 1. The predicted octanol–water partition coefficient (Wildman–Crippen LogP) is 2.38. The van der Waals surface area contributed by atoms with Crippen LogP contribution in [0.15, 0.2) is 48.8 Å². The van der Waals surface area contributed by atoms with Crippen molar-refractivity contribution in [2.45, 2.75) is 12.8 Å². The van der Waals surface area contributed by atoms with E-state index in [1.54, 1.807) is 18.5 Å². The molecule has 0 saturated heterocycles. The number of ether oxygens (including phenoxy) is 1. The Morgan fingerprint density at radius 2 is 1.89 bits per heavy atom. The number of nitrogens with two attached hydrogens (primary N) is 1. The Kier molecular flexibility index (Phi) is 4.50. The SMILES string of the molecule is N=C(N)c1ccccc1OCCCc1ccncc1. The molecule has 0 aliphatic heterocycles. The van der Waals surface area contributed by atoms with E-state index in [-0.39, 0.29) is 5.84 Å². The first-order chi connectivity index (χ1) is 9.27. The maximum Gasteiger partial charge on any atom is 0.130 e. The standard InChI is InChI=1S/C15H17N3O/c16-15(17)13-5-1-2-6-14(13)19-11-3-4-12-7-9-18-10-8-12/h1-2,5-10H,3-4,11H2,(H3,16,17). The average Bonchev–Trinajstić information content (AvgIpc) is 2.45. The average molecular weight is 255 g/mol. The van der Waals surface area contributed by atoms with Gasteiger partial charge in [-0.05, 0) is 42.7 Å². The zero-order valence-corrected chi connectivity index (χ0v) is 10.7. The van der Waals surface area contributed by atoms with Crippen LogP contribution in [0.5, 0.6) is 5.75 Å². The number of aromatic nitrogens is 1. The highest BCUT2D eigenvalue weighted by molar-refractivity contribution is 5.97. The molecule has 2 rings (SSSR count). The predicted molar refractivity (Wildman–Crippen MR) is 75.5 cm³/mol. The summed E-state index contributed by atoms with van der Waals surface area (Å²) in [4.78, 5) is 3.98. The number of nitrogens with one attached hydrogen (secondary N) is 1. The maximum absolute atomic E-state index is 7.48. The van der Waals surface area contributed by atoms with E-state index in [1.165, 1.54) is 5.56 Å². The van der Waals surface area contributed by atoms with Gasteiger partial charge in [0.2, 0.25) is 0 Å². The summed E-state index contributed by atoms with van der Waals surface area (Å²) < 4.78 is 5.68. The Balaban J connectivity index is 1.85. The van der Waals surface area contributed by atoms with Crippen LogP contribution in [0.2, 0.25) is 0 Å². The molecule has 1 aromatic heterocycles. The lowest BCUT2D eigenvalue weighted by atomic mass is 10.1. The summed E-state index contributed by atoms with van der Waals surface area (Å²) in [6, 6.07) is 11.4. The van der Waals surface area contributed by atoms with Crippen LogP contribution in [0.25, 0.3) is 0 Å². The molecule has 0 bridgehead atoms. The van der Waals surface area contributed by atoms with E-state index in [4.69, 9.17) is 15.9 Å². The third-order valence-corrected chi connectivity index (χ3v) is 2.79. The lowest BCUT2D eigenvalue weighted by Gasteiger charge is -2.10. The monoisotopic (exact) mass is 255 g/mol. The minimum absolute atomic E-state index is 0.0322. The second-order valence-electron chi connectivity index (χ2n) is 4.22. The summed E-state index contributed by atoms with van der Waals surface area (Å²) in [6.45, 7) is 0.604. The van der Waals surface area contributed by atoms with E-state index in [9.17, 15) is 0 Å². The topological polar surface area (TPSA) is 72.0 Å². The fourth-order valence-corrected chi connectivity index (χ4v) is 1.82. The Bertz CT molecular complexity index is 540. The largest absolute Gasteiger partial charge is 0.493 e. The summed E-state index contributed by atoms with van der Waals surface area (Å²) >= 11 is 0. The van der Waals surface area contributed by atoms with Gasteiger partial charge in [0.05, 0.1) is 12.2 Å². The molecule has 0 radical (unpaired) electrons. The first kappa shape index (κ1) is 13.1. The molecule has 0 aliphatic rings. The van der Waals surface area contributed by atoms with Gasteiger partial charge in [-0.1, -0.05) is 12.1 Å². The molecule has 98 valence electrons. The number of para-hydroxylation sites is 1. The third kappa shape index (κ3) is 3.81. The Morgan fingerprint density at radius 1 is 1.16 bits per heavy atom. The molecule has 1 aromatic carbocycles. The number of nitrogen functional groups attached to an aromatic ring is 1. The Hall–Kier alpha value is -2.36. The van der Waals surface area contributed by atoms with Crippen molar-refractivity contribution in [1.82, 2.24) is 4.98 Å². The molecular weight excluding hydrogens is 238 g/mol. The van der Waals surface area contributed by atoms with Crippen molar-refractivity contribution in [3.05, 3.63) is 59.9 Å². The van der Waals surface area contributed by atoms with Crippen LogP contribution in [-0.2, 0) is 6.42 Å². The lowest BCUT2D eigenvalue weighted by molar-refractivity contribution is 0.310. The second kappa shape index (κ2) is 6.54. The van der Waals surface area contributed by atoms with Crippen LogP contribution >= 0.6 is 0 Å². The number of hydrogen-bond acceptors (Lipinski definition) is 3. The highest BCUT2D eigenvalue weighted by Crippen LogP contribution is 2.17. The molecule has 0 saturated carbocycles. The summed E-state index contributed by atoms with van der Waals surface area (Å²) in [5.74, 6) is 0.703. The van der Waals surface area contributed by atoms with Crippen molar-refractivity contribution in [2.24, 2.45) is 5.73 Å². The van der Waals surface area contributed by atoms with Gasteiger partial charge in [-0.25, -0.2) is 0 Å². The molecule has 0 amide bonds. The first-order valence-electron chi connectivity index (χ1n) is 6.22. The second-order valence-corrected chi connectivity index (χ2v) is 4.22. The van der Waals surface area contributed by atoms with Gasteiger partial charge in [-0.15, -0.1) is 0 Å². The summed E-state index contributed by atoms with van der Waals surface area (Å²) in [6.07, 6.45) is 5.45. The van der Waals surface area contributed by atoms with E-state index in [0.717, 1.165) is 12.8 Å². The Morgan fingerprint density at radius 3 is 2.63 bits per heavy atom. The van der Waals surface area contributed by atoms with E-state index in [0.29, 0.717) is 17.9 Å². The quantitative estimate of drug-likeness (QED) is 0.473. The van der Waals surface area contributed by atoms with Gasteiger partial charge in [0, 0.05) is 12.4 Å². The fourth-order valence-electron chi connectivity index (χ4n) is 1.82. The van der Waals surface area contributed by atoms with Crippen molar-refractivity contribution in [2.75, 3.05) is 6.61 Å². The normalized spacial score (nSPS) is 10.1. The van der Waals surface area contributed by atoms with Crippen molar-refractivity contribution in [3.8, 4) is 5.75 Å². The molecule has 4 heteroatoms. The molecule has 3 N–H and O–H groups in total. The maximum atomic E-state index is 7.48. The molecule has 0 aliphatic carbocycles. The first-order valence-corrected chi connectivity index (χ1v) is 6.22. The Labute approximate surface area is 112 Å². The van der Waals surface area contributed by atoms with Gasteiger partial charge in [0.25, 0.3) is 0 Å². The number of benzene rings is 1. The molecule has 2 aromatic rings. The molecule has 0 spiro atoms. The smallest absolute Gasteiger partial charge is 0.130 e. The molecule has 19 heavy (non-hydrogen) atoms. The van der Waals surface area contributed by atoms with Crippen molar-refractivity contribution < 1.29 is 4.74 Å². The van der Waals surface area contributed by atoms with E-state index in [1.807, 2.05) is 30.3 Å². The number of rotatable bonds is 6. The summed E-state index contributed by atoms with van der Waals surface area (Å²) in [7, 11) is 0. The van der Waals surface area contributed by atoms with Crippen LogP contribution in [-0.4, -0.2) is 17.4 Å². The van der Waals surface area contributed by atoms with Crippen LogP contribution in [0, 0.1) is 5.41 Å². The van der Waals surface area contributed by atoms with Gasteiger partial charge in [0.15, 0.2) is 0 Å². The molecule has 0 fully saturated rings. The van der Waals surface area contributed by atoms with Gasteiger partial charge in [-0.3, -0.25) is 10.4 Å². The zero-order chi connectivity index (χ0) is 13.5. The van der Waals surface area contributed by atoms with E-state index >= 15 is 0 Å². The number of hydrogen-bond donors (Lipinski definition) is 2. The van der Waals surface area contributed by atoms with Crippen LogP contribution in [0.4, 0.5) is 0 Å². The van der Waals surface area contributed by atoms with Gasteiger partial charge in [-0.2, -0.15) is 0 Å². The van der Waals surface area contributed by atoms with E-state index < -0.39 is 0 Å². The zero-order valence-electron chi connectivity index (χ0n) is 10.7. The fraction of sp³-hybridized carbons (Fsp3) is 0.200. The highest BCUT2D eigenvalue weighted by Gasteiger charge is 2.04. The number of aryl methyl sites for hydroxylation is 1. The number of nitrogens with zero attached hydrogens (tertiary/aromatic N) is 1. The summed E-state index contributed by atoms with van der Waals surface area (Å²) in [5.41, 5.74) is 7.40. The van der Waals surface area contributed by atoms with Crippen molar-refractivity contribution in [1.29, 1.82) is 5.41 Å². The van der Waals surface area contributed by atoms with Crippen molar-refractivity contribution in [3.63, 3.8) is 0 Å². The van der Waals surface area contributed by atoms with Gasteiger partial charge < -0.3 is 10.5 Å². The van der Waals surface area contributed by atoms with Crippen molar-refractivity contribution >= 4 is 5.84 Å². The van der Waals surface area contributed by atoms with Crippen LogP contribution < -0.4 is 10.5 Å². The van der Waals surface area contributed by atoms with Crippen LogP contribution in [0.1, 0.15) is 17.5 Å². The minimum Gasteiger partial charge on any atom is -0.493 e. The summed E-state index contributed by atoms with van der Waals surface area (Å²) in [5, 5.41) is 7.48. The molecular formula is C15H17N3O. The lowest BCUT2D eigenvalue weighted by Crippen LogP contribution is -2.13. The highest BCUT2D eigenvalue weighted by atomic mass is 16.5. The molecule has 0 unspecified atom stereocenters. The third-order valence-electron chi connectivity index (χ3n) is 2.79. The van der Waals surface area contributed by atoms with Gasteiger partial charge >= 0.3 is 0 Å². The molecule has 4 nitrogen and oxygen atoms in total. The van der Waals surface area contributed by atoms with Gasteiger partial charge in [0.1, 0.15) is 11.6 Å². The van der Waals surface area contributed by atoms with Crippen LogP contribution in [0.3, 0.4) is 0 Å².